The average molecular weight is 157 g/mol. The molecule has 0 aromatic heterocycles. The summed E-state index contributed by atoms with van der Waals surface area (Å²) >= 11 is 0. The third-order valence-corrected chi connectivity index (χ3v) is 1.24. The lowest BCUT2D eigenvalue weighted by molar-refractivity contribution is -0.202. The molecule has 0 spiro atoms. The van der Waals surface area contributed by atoms with Gasteiger partial charge in [0, 0.05) is 6.61 Å². The molecule has 1 radical (unpaired) electrons. The molecular weight excluding hydrogens is 140 g/mol. The summed E-state index contributed by atoms with van der Waals surface area (Å²) in [7, 11) is 0. The first-order chi connectivity index (χ1) is 5.04. The Bertz CT molecular complexity index is 121. The maximum Gasteiger partial charge on any atom is 0.184 e. The van der Waals surface area contributed by atoms with Crippen LogP contribution in [0.5, 0.6) is 0 Å². The highest BCUT2D eigenvalue weighted by atomic mass is 16.7. The first-order valence-corrected chi connectivity index (χ1v) is 3.82. The predicted octanol–water partition coefficient (Wildman–Crippen LogP) is 2.16. The summed E-state index contributed by atoms with van der Waals surface area (Å²) in [5.41, 5.74) is 0. The van der Waals surface area contributed by atoms with Crippen molar-refractivity contribution in [1.82, 2.24) is 0 Å². The summed E-state index contributed by atoms with van der Waals surface area (Å²) in [6, 6.07) is 0. The number of hydrogen-bond donors (Lipinski definition) is 0. The lowest BCUT2D eigenvalue weighted by Crippen LogP contribution is -2.32. The Kier molecular flexibility index (Phi) is 4.38. The van der Waals surface area contributed by atoms with E-state index >= 15 is 0 Å². The Morgan fingerprint density at radius 3 is 2.45 bits per heavy atom. The smallest absolute Gasteiger partial charge is 0.184 e. The van der Waals surface area contributed by atoms with Gasteiger partial charge in [0.1, 0.15) is 0 Å². The van der Waals surface area contributed by atoms with E-state index in [1.54, 1.807) is 6.08 Å². The molecule has 0 saturated carbocycles. The normalized spacial score (nSPS) is 16.5. The number of hydrogen-bond acceptors (Lipinski definition) is 2. The van der Waals surface area contributed by atoms with Gasteiger partial charge >= 0.3 is 0 Å². The quantitative estimate of drug-likeness (QED) is 0.450. The molecule has 2 unspecified atom stereocenters. The van der Waals surface area contributed by atoms with Gasteiger partial charge in [0.05, 0.1) is 6.10 Å². The Morgan fingerprint density at radius 2 is 2.18 bits per heavy atom. The van der Waals surface area contributed by atoms with Crippen molar-refractivity contribution < 1.29 is 9.47 Å². The van der Waals surface area contributed by atoms with Crippen LogP contribution in [0.15, 0.2) is 12.7 Å². The van der Waals surface area contributed by atoms with Crippen LogP contribution in [0.4, 0.5) is 0 Å². The molecule has 0 fully saturated rings. The molecule has 11 heavy (non-hydrogen) atoms. The molecule has 2 nitrogen and oxygen atoms in total. The minimum absolute atomic E-state index is 0.0930. The van der Waals surface area contributed by atoms with Gasteiger partial charge in [-0.05, 0) is 33.8 Å². The second kappa shape index (κ2) is 4.52. The largest absolute Gasteiger partial charge is 0.347 e. The van der Waals surface area contributed by atoms with Crippen LogP contribution in [-0.4, -0.2) is 18.5 Å². The molecular formula is C9H17O2. The van der Waals surface area contributed by atoms with Gasteiger partial charge in [-0.15, -0.1) is 0 Å². The summed E-state index contributed by atoms with van der Waals surface area (Å²) < 4.78 is 10.7. The Balaban J connectivity index is 3.98. The fraction of sp³-hybridized carbons (Fsp3) is 0.667. The summed E-state index contributed by atoms with van der Waals surface area (Å²) in [5, 5.41) is 0. The van der Waals surface area contributed by atoms with E-state index in [4.69, 9.17) is 9.47 Å². The summed E-state index contributed by atoms with van der Waals surface area (Å²) in [6.07, 6.45) is 1.54. The van der Waals surface area contributed by atoms with E-state index in [0.717, 1.165) is 0 Å². The molecule has 2 atom stereocenters. The molecule has 0 aliphatic heterocycles. The van der Waals surface area contributed by atoms with Crippen LogP contribution in [-0.2, 0) is 9.47 Å². The molecule has 0 N–H and O–H groups in total. The number of ether oxygens (including phenoxy) is 2. The monoisotopic (exact) mass is 157 g/mol. The van der Waals surface area contributed by atoms with E-state index < -0.39 is 5.79 Å². The van der Waals surface area contributed by atoms with Gasteiger partial charge in [0.15, 0.2) is 5.79 Å². The second-order valence-electron chi connectivity index (χ2n) is 2.58. The van der Waals surface area contributed by atoms with Crippen LogP contribution >= 0.6 is 0 Å². The molecule has 0 rings (SSSR count). The molecule has 0 saturated heterocycles. The SMILES string of the molecule is [CH2]C(C)OC(C)(C=C)OCC. The highest BCUT2D eigenvalue weighted by Gasteiger charge is 2.21. The third kappa shape index (κ3) is 4.17. The van der Waals surface area contributed by atoms with Gasteiger partial charge in [-0.3, -0.25) is 0 Å². The van der Waals surface area contributed by atoms with E-state index in [1.165, 1.54) is 0 Å². The average Bonchev–Trinajstić information content (AvgIpc) is 1.87. The summed E-state index contributed by atoms with van der Waals surface area (Å²) in [4.78, 5) is 0. The summed E-state index contributed by atoms with van der Waals surface area (Å²) in [5.74, 6) is -0.685. The van der Waals surface area contributed by atoms with Gasteiger partial charge in [0.2, 0.25) is 0 Å². The van der Waals surface area contributed by atoms with E-state index in [1.807, 2.05) is 20.8 Å². The zero-order chi connectivity index (χ0) is 8.91. The lowest BCUT2D eigenvalue weighted by atomic mass is 10.3. The van der Waals surface area contributed by atoms with Crippen LogP contribution in [0.2, 0.25) is 0 Å². The van der Waals surface area contributed by atoms with Crippen molar-refractivity contribution in [3.63, 3.8) is 0 Å². The van der Waals surface area contributed by atoms with Gasteiger partial charge in [-0.2, -0.15) is 0 Å². The zero-order valence-electron chi connectivity index (χ0n) is 7.59. The third-order valence-electron chi connectivity index (χ3n) is 1.24. The molecule has 0 aliphatic rings. The van der Waals surface area contributed by atoms with Crippen LogP contribution in [0.1, 0.15) is 20.8 Å². The van der Waals surface area contributed by atoms with Crippen molar-refractivity contribution in [3.05, 3.63) is 19.6 Å². The van der Waals surface area contributed by atoms with Crippen molar-refractivity contribution in [3.8, 4) is 0 Å². The van der Waals surface area contributed by atoms with Gasteiger partial charge in [-0.25, -0.2) is 0 Å². The van der Waals surface area contributed by atoms with Crippen molar-refractivity contribution >= 4 is 0 Å². The second-order valence-corrected chi connectivity index (χ2v) is 2.58. The first kappa shape index (κ1) is 10.7. The van der Waals surface area contributed by atoms with Crippen LogP contribution < -0.4 is 0 Å². The van der Waals surface area contributed by atoms with Crippen molar-refractivity contribution in [2.24, 2.45) is 0 Å². The molecule has 0 bridgehead atoms. The Hall–Kier alpha value is -0.340. The highest BCUT2D eigenvalue weighted by Crippen LogP contribution is 2.15. The van der Waals surface area contributed by atoms with Crippen LogP contribution in [0.25, 0.3) is 0 Å². The minimum atomic E-state index is -0.685. The standard InChI is InChI=1S/C9H17O2/c1-6-9(5,10-7-2)11-8(3)4/h6,8H,1,3,7H2,2,4-5H3. The topological polar surface area (TPSA) is 18.5 Å². The molecule has 0 heterocycles. The fourth-order valence-corrected chi connectivity index (χ4v) is 0.827. The number of rotatable bonds is 5. The van der Waals surface area contributed by atoms with E-state index in [0.29, 0.717) is 6.61 Å². The molecule has 0 aromatic rings. The first-order valence-electron chi connectivity index (χ1n) is 3.82. The Morgan fingerprint density at radius 1 is 1.64 bits per heavy atom. The lowest BCUT2D eigenvalue weighted by Gasteiger charge is -2.27. The zero-order valence-corrected chi connectivity index (χ0v) is 7.59. The van der Waals surface area contributed by atoms with Gasteiger partial charge in [0.25, 0.3) is 0 Å². The molecule has 65 valence electrons. The Labute approximate surface area is 69.2 Å². The maximum atomic E-state index is 5.38. The maximum absolute atomic E-state index is 5.38. The van der Waals surface area contributed by atoms with Crippen LogP contribution in [0, 0.1) is 6.92 Å². The van der Waals surface area contributed by atoms with Crippen molar-refractivity contribution in [2.45, 2.75) is 32.7 Å². The van der Waals surface area contributed by atoms with Crippen LogP contribution in [0.3, 0.4) is 0 Å². The van der Waals surface area contributed by atoms with Crippen molar-refractivity contribution in [2.75, 3.05) is 6.61 Å². The van der Waals surface area contributed by atoms with Gasteiger partial charge < -0.3 is 9.47 Å². The molecule has 2 heteroatoms. The molecule has 0 amide bonds. The molecule has 0 aliphatic carbocycles. The summed E-state index contributed by atoms with van der Waals surface area (Å²) in [6.45, 7) is 13.5. The highest BCUT2D eigenvalue weighted by molar-refractivity contribution is 4.86. The van der Waals surface area contributed by atoms with E-state index in [2.05, 4.69) is 13.5 Å². The molecule has 0 aromatic carbocycles. The fourth-order valence-electron chi connectivity index (χ4n) is 0.827. The minimum Gasteiger partial charge on any atom is -0.347 e. The van der Waals surface area contributed by atoms with E-state index in [9.17, 15) is 0 Å². The van der Waals surface area contributed by atoms with E-state index in [-0.39, 0.29) is 6.10 Å². The predicted molar refractivity (Wildman–Crippen MR) is 46.1 cm³/mol. The van der Waals surface area contributed by atoms with Crippen molar-refractivity contribution in [1.29, 1.82) is 0 Å². The van der Waals surface area contributed by atoms with Gasteiger partial charge in [-0.1, -0.05) is 6.58 Å².